The number of halogens is 2. The van der Waals surface area contributed by atoms with E-state index in [9.17, 15) is 0 Å². The number of benzene rings is 1. The van der Waals surface area contributed by atoms with Crippen molar-refractivity contribution >= 4 is 34.7 Å². The van der Waals surface area contributed by atoms with Crippen molar-refractivity contribution in [1.82, 2.24) is 9.97 Å². The third-order valence-corrected chi connectivity index (χ3v) is 2.94. The van der Waals surface area contributed by atoms with Crippen molar-refractivity contribution in [2.45, 2.75) is 20.3 Å². The Kier molecular flexibility index (Phi) is 4.04. The van der Waals surface area contributed by atoms with Gasteiger partial charge >= 0.3 is 0 Å². The Bertz CT molecular complexity index is 570. The van der Waals surface area contributed by atoms with Crippen molar-refractivity contribution in [2.75, 3.05) is 5.32 Å². The first kappa shape index (κ1) is 13.1. The zero-order valence-electron chi connectivity index (χ0n) is 10.2. The van der Waals surface area contributed by atoms with Gasteiger partial charge in [0.25, 0.3) is 0 Å². The van der Waals surface area contributed by atoms with Gasteiger partial charge in [-0.25, -0.2) is 9.97 Å². The number of hydrogen-bond acceptors (Lipinski definition) is 3. The second-order valence-corrected chi connectivity index (χ2v) is 4.75. The first-order chi connectivity index (χ1) is 8.58. The lowest BCUT2D eigenvalue weighted by molar-refractivity contribution is 0.943. The quantitative estimate of drug-likeness (QED) is 0.848. The van der Waals surface area contributed by atoms with Crippen molar-refractivity contribution in [3.05, 3.63) is 45.8 Å². The number of aryl methyl sites for hydroxylation is 2. The maximum Gasteiger partial charge on any atom is 0.135 e. The van der Waals surface area contributed by atoms with Gasteiger partial charge in [0.05, 0.1) is 0 Å². The predicted molar refractivity (Wildman–Crippen MR) is 75.9 cm³/mol. The monoisotopic (exact) mass is 281 g/mol. The minimum absolute atomic E-state index is 0.441. The molecule has 0 aliphatic rings. The Labute approximate surface area is 116 Å². The Morgan fingerprint density at radius 1 is 1.17 bits per heavy atom. The van der Waals surface area contributed by atoms with Gasteiger partial charge in [0.1, 0.15) is 16.8 Å². The van der Waals surface area contributed by atoms with Gasteiger partial charge in [-0.05, 0) is 30.7 Å². The maximum absolute atomic E-state index is 5.95. The molecule has 94 valence electrons. The van der Waals surface area contributed by atoms with E-state index >= 15 is 0 Å². The summed E-state index contributed by atoms with van der Waals surface area (Å²) in [6.45, 7) is 3.97. The highest BCUT2D eigenvalue weighted by molar-refractivity contribution is 6.30. The fraction of sp³-hybridized carbons (Fsp3) is 0.231. The molecule has 1 aromatic carbocycles. The number of nitrogens with one attached hydrogen (secondary N) is 1. The molecule has 2 rings (SSSR count). The first-order valence-corrected chi connectivity index (χ1v) is 6.40. The molecule has 0 fully saturated rings. The number of rotatable bonds is 3. The average Bonchev–Trinajstić information content (AvgIpc) is 2.32. The molecule has 1 heterocycles. The van der Waals surface area contributed by atoms with Crippen LogP contribution in [0.1, 0.15) is 18.3 Å². The highest BCUT2D eigenvalue weighted by Gasteiger charge is 2.04. The molecular formula is C13H13Cl2N3. The molecule has 0 bridgehead atoms. The van der Waals surface area contributed by atoms with E-state index < -0.39 is 0 Å². The summed E-state index contributed by atoms with van der Waals surface area (Å²) in [5.41, 5.74) is 2.01. The van der Waals surface area contributed by atoms with Gasteiger partial charge in [-0.3, -0.25) is 0 Å². The normalized spacial score (nSPS) is 10.4. The number of anilines is 2. The van der Waals surface area contributed by atoms with E-state index in [1.807, 2.05) is 32.0 Å². The summed E-state index contributed by atoms with van der Waals surface area (Å²) in [6.07, 6.45) is 0.745. The van der Waals surface area contributed by atoms with Crippen LogP contribution in [0.3, 0.4) is 0 Å². The Hall–Kier alpha value is -1.32. The minimum Gasteiger partial charge on any atom is -0.340 e. The summed E-state index contributed by atoms with van der Waals surface area (Å²) in [5, 5.41) is 4.38. The highest BCUT2D eigenvalue weighted by Crippen LogP contribution is 2.23. The van der Waals surface area contributed by atoms with Crippen LogP contribution in [0, 0.1) is 6.92 Å². The lowest BCUT2D eigenvalue weighted by Crippen LogP contribution is -2.00. The van der Waals surface area contributed by atoms with E-state index in [0.29, 0.717) is 16.0 Å². The lowest BCUT2D eigenvalue weighted by Gasteiger charge is -2.10. The zero-order valence-corrected chi connectivity index (χ0v) is 11.7. The van der Waals surface area contributed by atoms with Gasteiger partial charge in [-0.2, -0.15) is 0 Å². The van der Waals surface area contributed by atoms with Crippen LogP contribution >= 0.6 is 23.2 Å². The van der Waals surface area contributed by atoms with E-state index in [0.717, 1.165) is 23.5 Å². The van der Waals surface area contributed by atoms with Crippen molar-refractivity contribution in [1.29, 1.82) is 0 Å². The molecule has 0 spiro atoms. The third-order valence-electron chi connectivity index (χ3n) is 2.51. The van der Waals surface area contributed by atoms with Crippen molar-refractivity contribution in [3.63, 3.8) is 0 Å². The first-order valence-electron chi connectivity index (χ1n) is 5.65. The summed E-state index contributed by atoms with van der Waals surface area (Å²) in [5.74, 6) is 1.41. The van der Waals surface area contributed by atoms with Crippen molar-refractivity contribution in [3.8, 4) is 0 Å². The topological polar surface area (TPSA) is 37.8 Å². The number of nitrogens with zero attached hydrogens (tertiary/aromatic N) is 2. The maximum atomic E-state index is 5.95. The molecule has 1 N–H and O–H groups in total. The largest absolute Gasteiger partial charge is 0.340 e. The molecule has 0 amide bonds. The fourth-order valence-corrected chi connectivity index (χ4v) is 2.02. The molecule has 0 aliphatic carbocycles. The van der Waals surface area contributed by atoms with Crippen LogP contribution in [0.5, 0.6) is 0 Å². The molecule has 0 saturated heterocycles. The van der Waals surface area contributed by atoms with Gasteiger partial charge < -0.3 is 5.32 Å². The average molecular weight is 282 g/mol. The van der Waals surface area contributed by atoms with Crippen LogP contribution in [-0.4, -0.2) is 9.97 Å². The highest BCUT2D eigenvalue weighted by atomic mass is 35.5. The summed E-state index contributed by atoms with van der Waals surface area (Å²) in [4.78, 5) is 8.49. The van der Waals surface area contributed by atoms with E-state index in [4.69, 9.17) is 23.2 Å². The summed E-state index contributed by atoms with van der Waals surface area (Å²) in [6, 6.07) is 7.35. The molecule has 0 radical (unpaired) electrons. The number of hydrogen-bond donors (Lipinski definition) is 1. The second-order valence-electron chi connectivity index (χ2n) is 3.93. The predicted octanol–water partition coefficient (Wildman–Crippen LogP) is 4.40. The third kappa shape index (κ3) is 3.12. The standard InChI is InChI=1S/C13H13Cl2N3/c1-3-12-17-11(15)7-13(18-12)16-10-5-4-9(14)6-8(10)2/h4-7H,3H2,1-2H3,(H,16,17,18). The fourth-order valence-electron chi connectivity index (χ4n) is 1.59. The molecule has 0 aliphatic heterocycles. The summed E-state index contributed by atoms with van der Waals surface area (Å²) < 4.78 is 0. The number of aromatic nitrogens is 2. The molecule has 1 aromatic heterocycles. The van der Waals surface area contributed by atoms with Crippen LogP contribution < -0.4 is 5.32 Å². The van der Waals surface area contributed by atoms with E-state index in [1.54, 1.807) is 6.07 Å². The molecule has 3 nitrogen and oxygen atoms in total. The molecular weight excluding hydrogens is 269 g/mol. The van der Waals surface area contributed by atoms with Crippen molar-refractivity contribution in [2.24, 2.45) is 0 Å². The van der Waals surface area contributed by atoms with Crippen LogP contribution in [0.25, 0.3) is 0 Å². The van der Waals surface area contributed by atoms with Crippen LogP contribution in [0.4, 0.5) is 11.5 Å². The molecule has 0 saturated carbocycles. The van der Waals surface area contributed by atoms with E-state index in [2.05, 4.69) is 15.3 Å². The van der Waals surface area contributed by atoms with Gasteiger partial charge in [0.15, 0.2) is 0 Å². The van der Waals surface area contributed by atoms with Gasteiger partial charge in [-0.15, -0.1) is 0 Å². The summed E-state index contributed by atoms with van der Waals surface area (Å²) in [7, 11) is 0. The summed E-state index contributed by atoms with van der Waals surface area (Å²) >= 11 is 11.9. The molecule has 2 aromatic rings. The molecule has 0 unspecified atom stereocenters. The molecule has 18 heavy (non-hydrogen) atoms. The SMILES string of the molecule is CCc1nc(Cl)cc(Nc2ccc(Cl)cc2C)n1. The van der Waals surface area contributed by atoms with Gasteiger partial charge in [-0.1, -0.05) is 30.1 Å². The van der Waals surface area contributed by atoms with E-state index in [-0.39, 0.29) is 0 Å². The second kappa shape index (κ2) is 5.55. The minimum atomic E-state index is 0.441. The van der Waals surface area contributed by atoms with Crippen LogP contribution in [0.2, 0.25) is 10.2 Å². The van der Waals surface area contributed by atoms with Crippen molar-refractivity contribution < 1.29 is 0 Å². The zero-order chi connectivity index (χ0) is 13.1. The Balaban J connectivity index is 2.30. The molecule has 5 heteroatoms. The van der Waals surface area contributed by atoms with Crippen LogP contribution in [0.15, 0.2) is 24.3 Å². The van der Waals surface area contributed by atoms with E-state index in [1.165, 1.54) is 0 Å². The lowest BCUT2D eigenvalue weighted by atomic mass is 10.2. The van der Waals surface area contributed by atoms with Crippen LogP contribution in [-0.2, 0) is 6.42 Å². The smallest absolute Gasteiger partial charge is 0.135 e. The Morgan fingerprint density at radius 2 is 1.94 bits per heavy atom. The van der Waals surface area contributed by atoms with Gasteiger partial charge in [0.2, 0.25) is 0 Å². The Morgan fingerprint density at radius 3 is 2.61 bits per heavy atom. The molecule has 0 atom stereocenters. The van der Waals surface area contributed by atoms with Gasteiger partial charge in [0, 0.05) is 23.2 Å².